The maximum atomic E-state index is 11.1. The number of esters is 1. The molecule has 0 bridgehead atoms. The average Bonchev–Trinajstić information content (AvgIpc) is 2.67. The van der Waals surface area contributed by atoms with E-state index in [0.717, 1.165) is 57.2 Å². The number of carbonyl (C=O) groups excluding carboxylic acids is 1. The molecule has 0 spiro atoms. The lowest BCUT2D eigenvalue weighted by Gasteiger charge is -2.37. The van der Waals surface area contributed by atoms with Crippen LogP contribution < -0.4 is 10.2 Å². The number of para-hydroxylation sites is 2. The van der Waals surface area contributed by atoms with Gasteiger partial charge in [0.25, 0.3) is 0 Å². The molecule has 8 heteroatoms. The molecule has 1 aromatic carbocycles. The average molecular weight is 490 g/mol. The van der Waals surface area contributed by atoms with Gasteiger partial charge in [0.15, 0.2) is 5.96 Å². The van der Waals surface area contributed by atoms with Crippen LogP contribution in [0.5, 0.6) is 5.75 Å². The number of nitrogens with zero attached hydrogens (tertiary/aromatic N) is 3. The van der Waals surface area contributed by atoms with Gasteiger partial charge in [0.1, 0.15) is 5.75 Å². The van der Waals surface area contributed by atoms with Crippen LogP contribution in [0.3, 0.4) is 0 Å². The molecule has 0 saturated carbocycles. The van der Waals surface area contributed by atoms with Crippen LogP contribution >= 0.6 is 24.0 Å². The minimum absolute atomic E-state index is 0. The largest absolute Gasteiger partial charge is 0.506 e. The molecule has 152 valence electrons. The number of hydrogen-bond donors (Lipinski definition) is 2. The number of aliphatic imine (C=N–C) groups is 1. The third-order valence-electron chi connectivity index (χ3n) is 4.41. The number of ether oxygens (including phenoxy) is 1. The lowest BCUT2D eigenvalue weighted by atomic mass is 10.2. The van der Waals surface area contributed by atoms with E-state index in [1.165, 1.54) is 7.11 Å². The van der Waals surface area contributed by atoms with Crippen molar-refractivity contribution in [1.82, 2.24) is 10.2 Å². The number of carbonyl (C=O) groups is 1. The maximum absolute atomic E-state index is 11.1. The highest BCUT2D eigenvalue weighted by molar-refractivity contribution is 14.0. The summed E-state index contributed by atoms with van der Waals surface area (Å²) in [4.78, 5) is 20.3. The van der Waals surface area contributed by atoms with Gasteiger partial charge in [-0.05, 0) is 31.9 Å². The standard InChI is InChI=1S/C19H30N4O3.HI/c1-3-20-19(21-11-7-6-10-18(25)26-2)23-14-12-22(13-15-23)16-8-4-5-9-17(16)24;/h4-5,8-9,24H,3,6-7,10-15H2,1-2H3,(H,20,21);1H. The first-order valence-electron chi connectivity index (χ1n) is 9.28. The minimum Gasteiger partial charge on any atom is -0.506 e. The third-order valence-corrected chi connectivity index (χ3v) is 4.41. The second kappa shape index (κ2) is 12.6. The smallest absolute Gasteiger partial charge is 0.305 e. The van der Waals surface area contributed by atoms with E-state index in [9.17, 15) is 9.90 Å². The van der Waals surface area contributed by atoms with Gasteiger partial charge in [0.05, 0.1) is 12.8 Å². The van der Waals surface area contributed by atoms with Crippen molar-refractivity contribution in [3.8, 4) is 5.75 Å². The number of methoxy groups -OCH3 is 1. The molecule has 1 saturated heterocycles. The van der Waals surface area contributed by atoms with Crippen LogP contribution in [0.2, 0.25) is 0 Å². The summed E-state index contributed by atoms with van der Waals surface area (Å²) in [5, 5.41) is 13.4. The highest BCUT2D eigenvalue weighted by Crippen LogP contribution is 2.27. The summed E-state index contributed by atoms with van der Waals surface area (Å²) in [5.74, 6) is 1.08. The number of aromatic hydroxyl groups is 1. The molecule has 0 radical (unpaired) electrons. The van der Waals surface area contributed by atoms with Crippen molar-refractivity contribution in [1.29, 1.82) is 0 Å². The normalized spacial score (nSPS) is 14.5. The van der Waals surface area contributed by atoms with E-state index in [1.807, 2.05) is 18.2 Å². The van der Waals surface area contributed by atoms with E-state index in [0.29, 0.717) is 18.7 Å². The van der Waals surface area contributed by atoms with Gasteiger partial charge in [-0.1, -0.05) is 12.1 Å². The zero-order valence-corrected chi connectivity index (χ0v) is 18.5. The molecule has 1 aliphatic heterocycles. The molecule has 1 heterocycles. The van der Waals surface area contributed by atoms with Gasteiger partial charge in [-0.3, -0.25) is 9.79 Å². The van der Waals surface area contributed by atoms with Gasteiger partial charge < -0.3 is 25.0 Å². The number of phenolic OH excluding ortho intramolecular Hbond substituents is 1. The van der Waals surface area contributed by atoms with E-state index in [4.69, 9.17) is 0 Å². The van der Waals surface area contributed by atoms with Crippen LogP contribution in [0, 0.1) is 0 Å². The Labute approximate surface area is 178 Å². The Morgan fingerprint density at radius 2 is 1.93 bits per heavy atom. The second-order valence-corrected chi connectivity index (χ2v) is 6.23. The number of anilines is 1. The monoisotopic (exact) mass is 490 g/mol. The Morgan fingerprint density at radius 3 is 2.56 bits per heavy atom. The number of unbranched alkanes of at least 4 members (excludes halogenated alkanes) is 1. The van der Waals surface area contributed by atoms with E-state index in [1.54, 1.807) is 6.07 Å². The Morgan fingerprint density at radius 1 is 1.22 bits per heavy atom. The summed E-state index contributed by atoms with van der Waals surface area (Å²) in [5.41, 5.74) is 0.886. The Bertz CT molecular complexity index is 604. The van der Waals surface area contributed by atoms with E-state index < -0.39 is 0 Å². The number of nitrogens with one attached hydrogen (secondary N) is 1. The van der Waals surface area contributed by atoms with E-state index in [2.05, 4.69) is 31.8 Å². The molecule has 1 aliphatic rings. The summed E-state index contributed by atoms with van der Waals surface area (Å²) in [6.07, 6.45) is 2.10. The molecule has 1 fully saturated rings. The number of halogens is 1. The zero-order valence-electron chi connectivity index (χ0n) is 16.2. The Hall–Kier alpha value is -1.71. The van der Waals surface area contributed by atoms with Crippen LogP contribution in [0.25, 0.3) is 0 Å². The van der Waals surface area contributed by atoms with Crippen molar-refractivity contribution in [2.75, 3.05) is 51.3 Å². The molecule has 0 amide bonds. The third kappa shape index (κ3) is 7.43. The number of piperazine rings is 1. The number of rotatable bonds is 7. The molecular weight excluding hydrogens is 459 g/mol. The molecule has 27 heavy (non-hydrogen) atoms. The van der Waals surface area contributed by atoms with Gasteiger partial charge in [0.2, 0.25) is 0 Å². The molecule has 0 aromatic heterocycles. The minimum atomic E-state index is -0.166. The molecule has 2 N–H and O–H groups in total. The quantitative estimate of drug-likeness (QED) is 0.201. The summed E-state index contributed by atoms with van der Waals surface area (Å²) in [7, 11) is 1.42. The maximum Gasteiger partial charge on any atom is 0.305 e. The number of phenols is 1. The van der Waals surface area contributed by atoms with Crippen molar-refractivity contribution in [3.63, 3.8) is 0 Å². The summed E-state index contributed by atoms with van der Waals surface area (Å²) in [6, 6.07) is 7.46. The first kappa shape index (κ1) is 23.3. The van der Waals surface area contributed by atoms with Gasteiger partial charge >= 0.3 is 5.97 Å². The summed E-state index contributed by atoms with van der Waals surface area (Å²) in [6.45, 7) is 6.95. The van der Waals surface area contributed by atoms with Gasteiger partial charge in [-0.15, -0.1) is 24.0 Å². The van der Waals surface area contributed by atoms with Crippen LogP contribution in [0.1, 0.15) is 26.2 Å². The Kier molecular flexibility index (Phi) is 10.9. The van der Waals surface area contributed by atoms with Crippen molar-refractivity contribution in [2.45, 2.75) is 26.2 Å². The van der Waals surface area contributed by atoms with Gasteiger partial charge in [-0.2, -0.15) is 0 Å². The predicted octanol–water partition coefficient (Wildman–Crippen LogP) is 2.44. The number of hydrogen-bond acceptors (Lipinski definition) is 5. The van der Waals surface area contributed by atoms with Crippen LogP contribution in [-0.2, 0) is 9.53 Å². The fourth-order valence-electron chi connectivity index (χ4n) is 2.98. The fourth-order valence-corrected chi connectivity index (χ4v) is 2.98. The van der Waals surface area contributed by atoms with Crippen molar-refractivity contribution < 1.29 is 14.6 Å². The van der Waals surface area contributed by atoms with Crippen molar-refractivity contribution >= 4 is 41.6 Å². The summed E-state index contributed by atoms with van der Waals surface area (Å²) < 4.78 is 4.65. The lowest BCUT2D eigenvalue weighted by Crippen LogP contribution is -2.52. The second-order valence-electron chi connectivity index (χ2n) is 6.23. The molecule has 7 nitrogen and oxygen atoms in total. The molecular formula is C19H31IN4O3. The number of benzene rings is 1. The zero-order chi connectivity index (χ0) is 18.8. The highest BCUT2D eigenvalue weighted by Gasteiger charge is 2.21. The molecule has 1 aromatic rings. The number of guanidine groups is 1. The van der Waals surface area contributed by atoms with E-state index >= 15 is 0 Å². The topological polar surface area (TPSA) is 77.4 Å². The highest BCUT2D eigenvalue weighted by atomic mass is 127. The molecule has 0 unspecified atom stereocenters. The first-order valence-corrected chi connectivity index (χ1v) is 9.28. The Balaban J connectivity index is 0.00000364. The van der Waals surface area contributed by atoms with Crippen molar-refractivity contribution in [2.24, 2.45) is 4.99 Å². The molecule has 0 atom stereocenters. The van der Waals surface area contributed by atoms with Crippen molar-refractivity contribution in [3.05, 3.63) is 24.3 Å². The van der Waals surface area contributed by atoms with Gasteiger partial charge in [0, 0.05) is 45.7 Å². The van der Waals surface area contributed by atoms with Crippen LogP contribution in [-0.4, -0.2) is 68.3 Å². The molecule has 0 aliphatic carbocycles. The SMILES string of the molecule is CCNC(=NCCCCC(=O)OC)N1CCN(c2ccccc2O)CC1.I. The van der Waals surface area contributed by atoms with Gasteiger partial charge in [-0.25, -0.2) is 0 Å². The van der Waals surface area contributed by atoms with Crippen LogP contribution in [0.15, 0.2) is 29.3 Å². The predicted molar refractivity (Wildman–Crippen MR) is 119 cm³/mol. The van der Waals surface area contributed by atoms with Crippen LogP contribution in [0.4, 0.5) is 5.69 Å². The van der Waals surface area contributed by atoms with E-state index in [-0.39, 0.29) is 29.9 Å². The lowest BCUT2D eigenvalue weighted by molar-refractivity contribution is -0.140. The summed E-state index contributed by atoms with van der Waals surface area (Å²) >= 11 is 0. The first-order chi connectivity index (χ1) is 12.7. The molecule has 2 rings (SSSR count). The fraction of sp³-hybridized carbons (Fsp3) is 0.579.